The van der Waals surface area contributed by atoms with E-state index in [1.165, 1.54) is 0 Å². The molecule has 100 valence electrons. The smallest absolute Gasteiger partial charge is 0.424 e. The Morgan fingerprint density at radius 1 is 1.18 bits per heavy atom. The van der Waals surface area contributed by atoms with Crippen molar-refractivity contribution in [1.29, 1.82) is 0 Å². The molecule has 8 heteroatoms. The first-order chi connectivity index (χ1) is 7.73. The molecule has 0 radical (unpaired) electrons. The molecule has 0 aliphatic heterocycles. The average molecular weight is 248 g/mol. The number of carbonyl (C=O) groups is 2. The van der Waals surface area contributed by atoms with E-state index in [-0.39, 0.29) is 12.1 Å². The summed E-state index contributed by atoms with van der Waals surface area (Å²) in [6, 6.07) is -0.173. The van der Waals surface area contributed by atoms with Crippen LogP contribution in [0.2, 0.25) is 0 Å². The van der Waals surface area contributed by atoms with Crippen LogP contribution in [0.15, 0.2) is 0 Å². The van der Waals surface area contributed by atoms with Gasteiger partial charge in [0.15, 0.2) is 0 Å². The molecule has 0 aliphatic rings. The third kappa shape index (κ3) is 6.72. The lowest BCUT2D eigenvalue weighted by Gasteiger charge is -2.21. The highest BCUT2D eigenvalue weighted by Crippen LogP contribution is 1.96. The van der Waals surface area contributed by atoms with Gasteiger partial charge in [-0.1, -0.05) is 5.17 Å². The fraction of sp³-hybridized carbons (Fsp3) is 0.778. The Morgan fingerprint density at radius 2 is 1.71 bits per heavy atom. The highest BCUT2D eigenvalue weighted by Gasteiger charge is 2.19. The van der Waals surface area contributed by atoms with Crippen molar-refractivity contribution >= 4 is 12.1 Å². The zero-order chi connectivity index (χ0) is 13.6. The van der Waals surface area contributed by atoms with E-state index < -0.39 is 18.6 Å². The van der Waals surface area contributed by atoms with E-state index >= 15 is 0 Å². The van der Waals surface area contributed by atoms with E-state index in [2.05, 4.69) is 4.84 Å². The van der Waals surface area contributed by atoms with Gasteiger partial charge < -0.3 is 9.57 Å². The molecule has 17 heavy (non-hydrogen) atoms. The summed E-state index contributed by atoms with van der Waals surface area (Å²) in [5, 5.41) is 1.50. The minimum absolute atomic E-state index is 0.173. The van der Waals surface area contributed by atoms with Crippen molar-refractivity contribution in [2.45, 2.75) is 39.8 Å². The van der Waals surface area contributed by atoms with E-state index in [9.17, 15) is 9.59 Å². The van der Waals surface area contributed by atoms with Gasteiger partial charge in [-0.2, -0.15) is 0 Å². The van der Waals surface area contributed by atoms with Crippen LogP contribution < -0.4 is 11.7 Å². The second kappa shape index (κ2) is 7.05. The van der Waals surface area contributed by atoms with Gasteiger partial charge in [-0.05, 0) is 27.7 Å². The molecular weight excluding hydrogens is 228 g/mol. The summed E-state index contributed by atoms with van der Waals surface area (Å²) in [5.74, 6) is 9.94. The molecule has 8 nitrogen and oxygen atoms in total. The monoisotopic (exact) mass is 248 g/mol. The largest absolute Gasteiger partial charge is 0.446 e. The molecule has 0 saturated heterocycles. The van der Waals surface area contributed by atoms with Crippen LogP contribution >= 0.6 is 0 Å². The molecule has 0 heterocycles. The van der Waals surface area contributed by atoms with Crippen LogP contribution in [0.5, 0.6) is 0 Å². The van der Waals surface area contributed by atoms with Crippen molar-refractivity contribution in [2.24, 2.45) is 11.7 Å². The van der Waals surface area contributed by atoms with E-state index in [0.29, 0.717) is 5.01 Å². The minimum atomic E-state index is -0.801. The number of nitrogens with zero attached hydrogens (tertiary/aromatic N) is 2. The molecule has 0 aromatic rings. The molecule has 0 saturated carbocycles. The molecule has 0 bridgehead atoms. The third-order valence-corrected chi connectivity index (χ3v) is 1.59. The lowest BCUT2D eigenvalue weighted by molar-refractivity contribution is -0.201. The fourth-order valence-corrected chi connectivity index (χ4v) is 0.725. The molecule has 1 amide bonds. The van der Waals surface area contributed by atoms with Crippen LogP contribution in [0.1, 0.15) is 27.7 Å². The molecule has 0 spiro atoms. The summed E-state index contributed by atoms with van der Waals surface area (Å²) in [4.78, 5) is 27.2. The van der Waals surface area contributed by atoms with Crippen LogP contribution in [0.25, 0.3) is 0 Å². The summed E-state index contributed by atoms with van der Waals surface area (Å²) in [5.41, 5.74) is 0. The number of carbonyl (C=O) groups excluding carboxylic acids is 2. The van der Waals surface area contributed by atoms with E-state index in [1.807, 2.05) is 0 Å². The Kier molecular flexibility index (Phi) is 6.47. The first-order valence-corrected chi connectivity index (χ1v) is 5.21. The first-order valence-electron chi connectivity index (χ1n) is 5.21. The Bertz CT molecular complexity index is 270. The molecular formula is C9H20N4O4. The Labute approximate surface area is 100 Å². The summed E-state index contributed by atoms with van der Waals surface area (Å²) in [6.45, 7) is 6.38. The number of hydroxylamine groups is 1. The predicted molar refractivity (Wildman–Crippen MR) is 59.8 cm³/mol. The fourth-order valence-electron chi connectivity index (χ4n) is 0.725. The number of nitrogens with two attached hydrogens (primary N) is 2. The van der Waals surface area contributed by atoms with Crippen molar-refractivity contribution in [2.75, 3.05) is 6.54 Å². The third-order valence-electron chi connectivity index (χ3n) is 1.59. The number of ether oxygens (including phenoxy) is 1. The summed E-state index contributed by atoms with van der Waals surface area (Å²) in [7, 11) is 0. The van der Waals surface area contributed by atoms with Gasteiger partial charge in [0.1, 0.15) is 6.54 Å². The SMILES string of the molecule is CC(C)OC(=O)N(N)CC(=O)ON(N)C(C)C. The van der Waals surface area contributed by atoms with Gasteiger partial charge in [0.2, 0.25) is 0 Å². The quantitative estimate of drug-likeness (QED) is 0.392. The lowest BCUT2D eigenvalue weighted by atomic mass is 10.4. The highest BCUT2D eigenvalue weighted by molar-refractivity contribution is 5.77. The van der Waals surface area contributed by atoms with Crippen molar-refractivity contribution in [3.63, 3.8) is 0 Å². The zero-order valence-electron chi connectivity index (χ0n) is 10.5. The molecule has 0 aromatic heterocycles. The number of amides is 1. The van der Waals surface area contributed by atoms with Crippen LogP contribution in [0.3, 0.4) is 0 Å². The van der Waals surface area contributed by atoms with Gasteiger partial charge in [0.05, 0.1) is 12.1 Å². The average Bonchev–Trinajstić information content (AvgIpc) is 2.15. The Hall–Kier alpha value is -1.38. The Morgan fingerprint density at radius 3 is 2.12 bits per heavy atom. The van der Waals surface area contributed by atoms with Gasteiger partial charge in [-0.25, -0.2) is 26.3 Å². The standard InChI is InChI=1S/C9H20N4O4/c1-6(2)13(11)17-8(14)5-12(10)9(15)16-7(3)4/h6-7H,5,10-11H2,1-4H3. The van der Waals surface area contributed by atoms with Gasteiger partial charge in [-0.15, -0.1) is 0 Å². The van der Waals surface area contributed by atoms with Crippen molar-refractivity contribution in [3.05, 3.63) is 0 Å². The summed E-state index contributed by atoms with van der Waals surface area (Å²) < 4.78 is 4.77. The molecule has 0 aromatic carbocycles. The zero-order valence-corrected chi connectivity index (χ0v) is 10.5. The van der Waals surface area contributed by atoms with Crippen molar-refractivity contribution in [3.8, 4) is 0 Å². The van der Waals surface area contributed by atoms with E-state index in [1.54, 1.807) is 27.7 Å². The van der Waals surface area contributed by atoms with Gasteiger partial charge in [-0.3, -0.25) is 0 Å². The number of hydrogen-bond donors (Lipinski definition) is 2. The maximum absolute atomic E-state index is 11.3. The highest BCUT2D eigenvalue weighted by atomic mass is 16.7. The second-order valence-corrected chi connectivity index (χ2v) is 3.98. The topological polar surface area (TPSA) is 111 Å². The van der Waals surface area contributed by atoms with Crippen LogP contribution in [-0.2, 0) is 14.4 Å². The maximum Gasteiger partial charge on any atom is 0.424 e. The van der Waals surface area contributed by atoms with Gasteiger partial charge in [0.25, 0.3) is 0 Å². The summed E-state index contributed by atoms with van der Waals surface area (Å²) in [6.07, 6.45) is -1.11. The normalized spacial score (nSPS) is 10.9. The molecule has 0 atom stereocenters. The summed E-state index contributed by atoms with van der Waals surface area (Å²) >= 11 is 0. The molecule has 4 N–H and O–H groups in total. The second-order valence-electron chi connectivity index (χ2n) is 3.98. The first kappa shape index (κ1) is 15.6. The lowest BCUT2D eigenvalue weighted by Crippen LogP contribution is -2.46. The number of rotatable bonds is 5. The van der Waals surface area contributed by atoms with Crippen LogP contribution in [0.4, 0.5) is 4.79 Å². The van der Waals surface area contributed by atoms with Crippen molar-refractivity contribution < 1.29 is 19.2 Å². The van der Waals surface area contributed by atoms with Gasteiger partial charge in [0, 0.05) is 0 Å². The Balaban J connectivity index is 4.07. The predicted octanol–water partition coefficient (Wildman–Crippen LogP) is -0.251. The van der Waals surface area contributed by atoms with E-state index in [0.717, 1.165) is 5.17 Å². The van der Waals surface area contributed by atoms with Crippen LogP contribution in [0, 0.1) is 0 Å². The van der Waals surface area contributed by atoms with Crippen LogP contribution in [-0.4, -0.2) is 40.9 Å². The number of hydrazine groups is 2. The molecule has 0 aliphatic carbocycles. The minimum Gasteiger partial charge on any atom is -0.446 e. The van der Waals surface area contributed by atoms with E-state index in [4.69, 9.17) is 16.4 Å². The molecule has 0 fully saturated rings. The van der Waals surface area contributed by atoms with Crippen molar-refractivity contribution in [1.82, 2.24) is 10.2 Å². The molecule has 0 unspecified atom stereocenters. The number of hydrogen-bond acceptors (Lipinski definition) is 7. The molecule has 0 rings (SSSR count). The van der Waals surface area contributed by atoms with Gasteiger partial charge >= 0.3 is 12.1 Å². The maximum atomic E-state index is 11.3.